The smallest absolute Gasteiger partial charge is 0.219 e. The maximum Gasteiger partial charge on any atom is 0.219 e. The fourth-order valence-corrected chi connectivity index (χ4v) is 0.935. The summed E-state index contributed by atoms with van der Waals surface area (Å²) in [6.07, 6.45) is 6.19. The minimum atomic E-state index is -0.986. The predicted octanol–water partition coefficient (Wildman–Crippen LogP) is 1.49. The second kappa shape index (κ2) is 3.37. The lowest BCUT2D eigenvalue weighted by Crippen LogP contribution is -2.03. The van der Waals surface area contributed by atoms with Gasteiger partial charge in [0, 0.05) is 18.2 Å². The Kier molecular flexibility index (Phi) is 2.06. The average Bonchev–Trinajstić information content (AvgIpc) is 2.53. The van der Waals surface area contributed by atoms with Crippen LogP contribution in [0.4, 0.5) is 0 Å². The molecular formula is C9H8O4. The summed E-state index contributed by atoms with van der Waals surface area (Å²) in [6, 6.07) is 1.68. The summed E-state index contributed by atoms with van der Waals surface area (Å²) in [5, 5.41) is 9.08. The van der Waals surface area contributed by atoms with Gasteiger partial charge in [-0.25, -0.2) is 0 Å². The molecule has 0 bridgehead atoms. The van der Waals surface area contributed by atoms with Crippen molar-refractivity contribution in [2.45, 2.75) is 6.29 Å². The zero-order valence-corrected chi connectivity index (χ0v) is 6.71. The first kappa shape index (κ1) is 7.94. The molecule has 0 amide bonds. The van der Waals surface area contributed by atoms with Crippen LogP contribution in [-0.4, -0.2) is 11.4 Å². The second-order valence-electron chi connectivity index (χ2n) is 2.42. The van der Waals surface area contributed by atoms with Crippen LogP contribution in [0.3, 0.4) is 0 Å². The minimum Gasteiger partial charge on any atom is -0.469 e. The van der Waals surface area contributed by atoms with E-state index in [9.17, 15) is 0 Å². The van der Waals surface area contributed by atoms with Crippen LogP contribution in [-0.2, 0) is 4.74 Å². The molecule has 0 saturated carbocycles. The monoisotopic (exact) mass is 180 g/mol. The van der Waals surface area contributed by atoms with Gasteiger partial charge in [0.2, 0.25) is 6.29 Å². The maximum atomic E-state index is 9.08. The highest BCUT2D eigenvalue weighted by Crippen LogP contribution is 2.22. The lowest BCUT2D eigenvalue weighted by molar-refractivity contribution is -0.0109. The summed E-state index contributed by atoms with van der Waals surface area (Å²) in [5.41, 5.74) is 0. The van der Waals surface area contributed by atoms with Crippen molar-refractivity contribution in [1.82, 2.24) is 0 Å². The zero-order valence-electron chi connectivity index (χ0n) is 6.71. The average molecular weight is 180 g/mol. The highest BCUT2D eigenvalue weighted by Gasteiger charge is 2.05. The van der Waals surface area contributed by atoms with Crippen molar-refractivity contribution < 1.29 is 19.0 Å². The molecule has 2 rings (SSSR count). The van der Waals surface area contributed by atoms with Gasteiger partial charge in [0.05, 0.1) is 18.8 Å². The molecule has 0 saturated heterocycles. The van der Waals surface area contributed by atoms with Gasteiger partial charge in [0.1, 0.15) is 0 Å². The van der Waals surface area contributed by atoms with E-state index in [1.165, 1.54) is 24.9 Å². The second-order valence-corrected chi connectivity index (χ2v) is 2.42. The molecule has 13 heavy (non-hydrogen) atoms. The van der Waals surface area contributed by atoms with Crippen LogP contribution < -0.4 is 4.74 Å². The summed E-state index contributed by atoms with van der Waals surface area (Å²) in [6.45, 7) is 0. The Hall–Kier alpha value is -1.68. The van der Waals surface area contributed by atoms with Gasteiger partial charge in [0.25, 0.3) is 0 Å². The van der Waals surface area contributed by atoms with E-state index in [2.05, 4.69) is 0 Å². The van der Waals surface area contributed by atoms with Gasteiger partial charge in [0.15, 0.2) is 11.5 Å². The molecule has 0 fully saturated rings. The number of hydrogen-bond donors (Lipinski definition) is 1. The quantitative estimate of drug-likeness (QED) is 0.657. The number of hydrogen-bond acceptors (Lipinski definition) is 4. The highest BCUT2D eigenvalue weighted by molar-refractivity contribution is 5.50. The minimum absolute atomic E-state index is 0.554. The van der Waals surface area contributed by atoms with E-state index in [1.54, 1.807) is 12.1 Å². The predicted molar refractivity (Wildman–Crippen MR) is 44.6 cm³/mol. The summed E-state index contributed by atoms with van der Waals surface area (Å²) in [5.74, 6) is 1.14. The standard InChI is InChI=1S/C9H8O4/c10-9-3-6-12-7-1-4-11-8(7)2-5-13-9/h1-6,9-10H/b5-2-,6-3-. The Bertz CT molecular complexity index is 337. The number of ether oxygens (including phenoxy) is 2. The van der Waals surface area contributed by atoms with E-state index >= 15 is 0 Å². The molecule has 4 nitrogen and oxygen atoms in total. The summed E-state index contributed by atoms with van der Waals surface area (Å²) in [4.78, 5) is 0. The normalized spacial score (nSPS) is 25.5. The van der Waals surface area contributed by atoms with Gasteiger partial charge in [-0.15, -0.1) is 0 Å². The van der Waals surface area contributed by atoms with Crippen molar-refractivity contribution in [3.63, 3.8) is 0 Å². The molecule has 68 valence electrons. The Labute approximate surface area is 74.7 Å². The Morgan fingerprint density at radius 3 is 3.15 bits per heavy atom. The molecule has 1 aliphatic rings. The SMILES string of the molecule is OC1/C=C\Oc2ccoc2/C=C\O1. The Balaban J connectivity index is 2.28. The first-order valence-electron chi connectivity index (χ1n) is 3.77. The molecule has 1 atom stereocenters. The van der Waals surface area contributed by atoms with Gasteiger partial charge < -0.3 is 19.0 Å². The third-order valence-corrected chi connectivity index (χ3v) is 1.53. The van der Waals surface area contributed by atoms with Gasteiger partial charge in [-0.05, 0) is 0 Å². The Morgan fingerprint density at radius 1 is 1.31 bits per heavy atom. The third kappa shape index (κ3) is 1.73. The molecule has 4 heteroatoms. The lowest BCUT2D eigenvalue weighted by atomic mass is 10.4. The molecule has 1 aromatic heterocycles. The van der Waals surface area contributed by atoms with E-state index in [-0.39, 0.29) is 0 Å². The van der Waals surface area contributed by atoms with Crippen LogP contribution in [0.1, 0.15) is 5.76 Å². The van der Waals surface area contributed by atoms with Crippen LogP contribution in [0.25, 0.3) is 6.08 Å². The number of aliphatic hydroxyl groups excluding tert-OH is 1. The van der Waals surface area contributed by atoms with E-state index in [4.69, 9.17) is 19.0 Å². The van der Waals surface area contributed by atoms with Crippen molar-refractivity contribution in [2.75, 3.05) is 0 Å². The number of rotatable bonds is 0. The summed E-state index contributed by atoms with van der Waals surface area (Å²) >= 11 is 0. The van der Waals surface area contributed by atoms with Crippen LogP contribution >= 0.6 is 0 Å². The van der Waals surface area contributed by atoms with Crippen LogP contribution in [0.2, 0.25) is 0 Å². The number of aliphatic hydroxyl groups is 1. The largest absolute Gasteiger partial charge is 0.469 e. The molecule has 0 radical (unpaired) electrons. The van der Waals surface area contributed by atoms with E-state index in [1.807, 2.05) is 0 Å². The zero-order chi connectivity index (χ0) is 9.10. The van der Waals surface area contributed by atoms with Crippen LogP contribution in [0, 0.1) is 0 Å². The fourth-order valence-electron chi connectivity index (χ4n) is 0.935. The number of fused-ring (bicyclic) bond motifs is 1. The van der Waals surface area contributed by atoms with Crippen molar-refractivity contribution in [3.8, 4) is 5.75 Å². The molecular weight excluding hydrogens is 172 g/mol. The first-order chi connectivity index (χ1) is 6.36. The van der Waals surface area contributed by atoms with Crippen LogP contribution in [0.5, 0.6) is 5.75 Å². The van der Waals surface area contributed by atoms with Gasteiger partial charge in [-0.2, -0.15) is 0 Å². The number of furan rings is 1. The molecule has 1 unspecified atom stereocenters. The van der Waals surface area contributed by atoms with E-state index in [0.29, 0.717) is 11.5 Å². The molecule has 2 heterocycles. The molecule has 0 spiro atoms. The third-order valence-electron chi connectivity index (χ3n) is 1.53. The van der Waals surface area contributed by atoms with Gasteiger partial charge in [-0.3, -0.25) is 0 Å². The van der Waals surface area contributed by atoms with Gasteiger partial charge >= 0.3 is 0 Å². The first-order valence-corrected chi connectivity index (χ1v) is 3.77. The lowest BCUT2D eigenvalue weighted by Gasteiger charge is -2.01. The Morgan fingerprint density at radius 2 is 2.23 bits per heavy atom. The topological polar surface area (TPSA) is 51.8 Å². The molecule has 1 aliphatic heterocycles. The molecule has 0 aromatic carbocycles. The van der Waals surface area contributed by atoms with Gasteiger partial charge in [-0.1, -0.05) is 0 Å². The van der Waals surface area contributed by atoms with E-state index in [0.717, 1.165) is 0 Å². The molecule has 0 aliphatic carbocycles. The van der Waals surface area contributed by atoms with E-state index < -0.39 is 6.29 Å². The summed E-state index contributed by atoms with van der Waals surface area (Å²) < 4.78 is 15.1. The van der Waals surface area contributed by atoms with Crippen molar-refractivity contribution in [1.29, 1.82) is 0 Å². The fraction of sp³-hybridized carbons (Fsp3) is 0.111. The molecule has 1 aromatic rings. The summed E-state index contributed by atoms with van der Waals surface area (Å²) in [7, 11) is 0. The van der Waals surface area contributed by atoms with Crippen molar-refractivity contribution in [3.05, 3.63) is 36.7 Å². The maximum absolute atomic E-state index is 9.08. The van der Waals surface area contributed by atoms with Crippen LogP contribution in [0.15, 0.2) is 35.3 Å². The van der Waals surface area contributed by atoms with Crippen molar-refractivity contribution >= 4 is 6.08 Å². The van der Waals surface area contributed by atoms with Crippen molar-refractivity contribution in [2.24, 2.45) is 0 Å². The molecule has 1 N–H and O–H groups in total. The highest BCUT2D eigenvalue weighted by atomic mass is 16.6.